The van der Waals surface area contributed by atoms with E-state index in [1.807, 2.05) is 24.3 Å². The quantitative estimate of drug-likeness (QED) is 0.672. The Labute approximate surface area is 179 Å². The van der Waals surface area contributed by atoms with Gasteiger partial charge in [-0.2, -0.15) is 0 Å². The molecule has 1 amide bonds. The Kier molecular flexibility index (Phi) is 4.62. The van der Waals surface area contributed by atoms with Crippen molar-refractivity contribution in [3.63, 3.8) is 0 Å². The molecule has 1 N–H and O–H groups in total. The van der Waals surface area contributed by atoms with E-state index in [0.29, 0.717) is 17.0 Å². The van der Waals surface area contributed by atoms with Crippen LogP contribution in [0.4, 0.5) is 10.5 Å². The SMILES string of the molecule is COc1ccc2c(c1)C(C(=O)O)CN2C(=O)OCC1c2ccccc2-c2ccccc21. The zero-order valence-electron chi connectivity index (χ0n) is 16.9. The number of carbonyl (C=O) groups is 2. The number of fused-ring (bicyclic) bond motifs is 4. The van der Waals surface area contributed by atoms with Crippen molar-refractivity contribution in [2.24, 2.45) is 0 Å². The Morgan fingerprint density at radius 3 is 2.23 bits per heavy atom. The van der Waals surface area contributed by atoms with Gasteiger partial charge in [-0.3, -0.25) is 9.69 Å². The number of amides is 1. The van der Waals surface area contributed by atoms with Crippen LogP contribution in [0.2, 0.25) is 0 Å². The first-order chi connectivity index (χ1) is 15.1. The number of carbonyl (C=O) groups excluding carboxylic acids is 1. The number of nitrogens with zero attached hydrogens (tertiary/aromatic N) is 1. The maximum absolute atomic E-state index is 13.0. The van der Waals surface area contributed by atoms with Crippen molar-refractivity contribution in [1.82, 2.24) is 0 Å². The Hall–Kier alpha value is -3.80. The van der Waals surface area contributed by atoms with Gasteiger partial charge in [0, 0.05) is 12.5 Å². The molecule has 0 radical (unpaired) electrons. The lowest BCUT2D eigenvalue weighted by Crippen LogP contribution is -2.32. The van der Waals surface area contributed by atoms with E-state index in [-0.39, 0.29) is 19.1 Å². The average Bonchev–Trinajstić information content (AvgIpc) is 3.33. The summed E-state index contributed by atoms with van der Waals surface area (Å²) in [6.45, 7) is 0.223. The zero-order valence-corrected chi connectivity index (χ0v) is 16.9. The summed E-state index contributed by atoms with van der Waals surface area (Å²) in [6, 6.07) is 21.4. The summed E-state index contributed by atoms with van der Waals surface area (Å²) in [6.07, 6.45) is -0.544. The number of ether oxygens (including phenoxy) is 2. The highest BCUT2D eigenvalue weighted by molar-refractivity contribution is 5.95. The minimum absolute atomic E-state index is 0.0362. The van der Waals surface area contributed by atoms with Crippen LogP contribution in [0.3, 0.4) is 0 Å². The molecule has 3 aromatic rings. The molecule has 31 heavy (non-hydrogen) atoms. The molecule has 6 nitrogen and oxygen atoms in total. The third-order valence-electron chi connectivity index (χ3n) is 6.12. The van der Waals surface area contributed by atoms with Gasteiger partial charge in [0.15, 0.2) is 0 Å². The summed E-state index contributed by atoms with van der Waals surface area (Å²) >= 11 is 0. The number of methoxy groups -OCH3 is 1. The van der Waals surface area contributed by atoms with Crippen LogP contribution in [0.15, 0.2) is 66.7 Å². The molecule has 0 aromatic heterocycles. The van der Waals surface area contributed by atoms with Gasteiger partial charge in [0.05, 0.1) is 12.8 Å². The van der Waals surface area contributed by atoms with Crippen molar-refractivity contribution in [3.8, 4) is 16.9 Å². The van der Waals surface area contributed by atoms with Crippen molar-refractivity contribution < 1.29 is 24.2 Å². The van der Waals surface area contributed by atoms with E-state index < -0.39 is 18.0 Å². The monoisotopic (exact) mass is 415 g/mol. The molecule has 0 fully saturated rings. The predicted molar refractivity (Wildman–Crippen MR) is 116 cm³/mol. The number of carboxylic acids is 1. The fourth-order valence-electron chi connectivity index (χ4n) is 4.62. The second kappa shape index (κ2) is 7.47. The van der Waals surface area contributed by atoms with Gasteiger partial charge >= 0.3 is 12.1 Å². The minimum Gasteiger partial charge on any atom is -0.497 e. The summed E-state index contributed by atoms with van der Waals surface area (Å²) in [5.74, 6) is -1.29. The van der Waals surface area contributed by atoms with Gasteiger partial charge in [0.2, 0.25) is 0 Å². The van der Waals surface area contributed by atoms with Crippen LogP contribution >= 0.6 is 0 Å². The summed E-state index contributed by atoms with van der Waals surface area (Å²) < 4.78 is 10.9. The van der Waals surface area contributed by atoms with E-state index in [1.54, 1.807) is 18.2 Å². The van der Waals surface area contributed by atoms with Gasteiger partial charge in [0.25, 0.3) is 0 Å². The van der Waals surface area contributed by atoms with Crippen LogP contribution in [-0.4, -0.2) is 37.4 Å². The fraction of sp³-hybridized carbons (Fsp3) is 0.200. The number of rotatable bonds is 4. The van der Waals surface area contributed by atoms with Crippen LogP contribution in [0.25, 0.3) is 11.1 Å². The lowest BCUT2D eigenvalue weighted by molar-refractivity contribution is -0.138. The average molecular weight is 415 g/mol. The number of hydrogen-bond acceptors (Lipinski definition) is 4. The van der Waals surface area contributed by atoms with Gasteiger partial charge in [0.1, 0.15) is 18.3 Å². The number of aliphatic carboxylic acids is 1. The number of anilines is 1. The second-order valence-electron chi connectivity index (χ2n) is 7.73. The molecule has 0 bridgehead atoms. The van der Waals surface area contributed by atoms with Crippen molar-refractivity contribution in [1.29, 1.82) is 0 Å². The normalized spacial score (nSPS) is 16.4. The molecule has 2 aliphatic rings. The van der Waals surface area contributed by atoms with E-state index in [1.165, 1.54) is 12.0 Å². The van der Waals surface area contributed by atoms with Crippen molar-refractivity contribution >= 4 is 17.7 Å². The lowest BCUT2D eigenvalue weighted by Gasteiger charge is -2.20. The minimum atomic E-state index is -0.983. The molecule has 1 heterocycles. The topological polar surface area (TPSA) is 76.1 Å². The maximum atomic E-state index is 13.0. The predicted octanol–water partition coefficient (Wildman–Crippen LogP) is 4.63. The highest BCUT2D eigenvalue weighted by Crippen LogP contribution is 2.45. The molecule has 1 atom stereocenters. The summed E-state index contributed by atoms with van der Waals surface area (Å²) in [7, 11) is 1.52. The van der Waals surface area contributed by atoms with E-state index >= 15 is 0 Å². The molecule has 5 rings (SSSR count). The first kappa shape index (κ1) is 19.2. The zero-order chi connectivity index (χ0) is 21.5. The first-order valence-electron chi connectivity index (χ1n) is 10.1. The molecule has 0 saturated carbocycles. The highest BCUT2D eigenvalue weighted by Gasteiger charge is 2.38. The van der Waals surface area contributed by atoms with Gasteiger partial charge in [-0.05, 0) is 46.0 Å². The van der Waals surface area contributed by atoms with Gasteiger partial charge in [-0.25, -0.2) is 4.79 Å². The molecule has 1 aliphatic carbocycles. The Morgan fingerprint density at radius 2 is 1.61 bits per heavy atom. The standard InChI is InChI=1S/C25H21NO5/c1-30-15-10-11-23-20(12-15)21(24(27)28)13-26(23)25(29)31-14-22-18-8-4-2-6-16(18)17-7-3-5-9-19(17)22/h2-12,21-22H,13-14H2,1H3,(H,27,28). The molecule has 1 unspecified atom stereocenters. The summed E-state index contributed by atoms with van der Waals surface area (Å²) in [4.78, 5) is 26.1. The highest BCUT2D eigenvalue weighted by atomic mass is 16.6. The van der Waals surface area contributed by atoms with Gasteiger partial charge < -0.3 is 14.6 Å². The van der Waals surface area contributed by atoms with Crippen molar-refractivity contribution in [2.75, 3.05) is 25.2 Å². The van der Waals surface area contributed by atoms with E-state index in [4.69, 9.17) is 9.47 Å². The van der Waals surface area contributed by atoms with Crippen LogP contribution in [0, 0.1) is 0 Å². The number of hydrogen-bond donors (Lipinski definition) is 1. The first-order valence-corrected chi connectivity index (χ1v) is 10.1. The second-order valence-corrected chi connectivity index (χ2v) is 7.73. The maximum Gasteiger partial charge on any atom is 0.414 e. The molecular formula is C25H21NO5. The van der Waals surface area contributed by atoms with E-state index in [9.17, 15) is 14.7 Å². The van der Waals surface area contributed by atoms with Crippen LogP contribution in [0.1, 0.15) is 28.5 Å². The van der Waals surface area contributed by atoms with Gasteiger partial charge in [-0.1, -0.05) is 48.5 Å². The van der Waals surface area contributed by atoms with Crippen molar-refractivity contribution in [3.05, 3.63) is 83.4 Å². The molecule has 0 saturated heterocycles. The molecule has 6 heteroatoms. The summed E-state index contributed by atoms with van der Waals surface area (Å²) in [5.41, 5.74) is 5.68. The third-order valence-corrected chi connectivity index (χ3v) is 6.12. The number of benzene rings is 3. The molecule has 0 spiro atoms. The molecule has 3 aromatic carbocycles. The van der Waals surface area contributed by atoms with Crippen LogP contribution in [0.5, 0.6) is 5.75 Å². The van der Waals surface area contributed by atoms with Crippen molar-refractivity contribution in [2.45, 2.75) is 11.8 Å². The number of carboxylic acid groups (broad SMARTS) is 1. The van der Waals surface area contributed by atoms with Crippen LogP contribution < -0.4 is 9.64 Å². The Bertz CT molecular complexity index is 1140. The van der Waals surface area contributed by atoms with E-state index in [0.717, 1.165) is 22.3 Å². The van der Waals surface area contributed by atoms with E-state index in [2.05, 4.69) is 24.3 Å². The summed E-state index contributed by atoms with van der Waals surface area (Å²) in [5, 5.41) is 9.62. The Balaban J connectivity index is 1.39. The molecule has 156 valence electrons. The van der Waals surface area contributed by atoms with Crippen LogP contribution in [-0.2, 0) is 9.53 Å². The fourth-order valence-corrected chi connectivity index (χ4v) is 4.62. The lowest BCUT2D eigenvalue weighted by atomic mass is 9.98. The third kappa shape index (κ3) is 3.11. The largest absolute Gasteiger partial charge is 0.497 e. The Morgan fingerprint density at radius 1 is 0.968 bits per heavy atom. The smallest absolute Gasteiger partial charge is 0.414 e. The molecule has 1 aliphatic heterocycles. The van der Waals surface area contributed by atoms with Gasteiger partial charge in [-0.15, -0.1) is 0 Å². The molecular weight excluding hydrogens is 394 g/mol.